The summed E-state index contributed by atoms with van der Waals surface area (Å²) in [7, 11) is 0. The SMILES string of the molecule is NC1CCC2CN(C(=O)c3ccc(CN4CCCC4=O)cc3)CC12. The summed E-state index contributed by atoms with van der Waals surface area (Å²) in [4.78, 5) is 28.3. The molecule has 5 heteroatoms. The first-order chi connectivity index (χ1) is 11.6. The van der Waals surface area contributed by atoms with E-state index in [1.807, 2.05) is 34.1 Å². The third-order valence-electron chi connectivity index (χ3n) is 5.95. The van der Waals surface area contributed by atoms with Crippen molar-refractivity contribution in [3.8, 4) is 0 Å². The van der Waals surface area contributed by atoms with Gasteiger partial charge in [0.1, 0.15) is 0 Å². The van der Waals surface area contributed by atoms with Crippen molar-refractivity contribution in [2.24, 2.45) is 17.6 Å². The molecule has 3 aliphatic rings. The topological polar surface area (TPSA) is 66.6 Å². The van der Waals surface area contributed by atoms with E-state index in [4.69, 9.17) is 5.73 Å². The average Bonchev–Trinajstić information content (AvgIpc) is 3.27. The Bertz CT molecular complexity index is 643. The monoisotopic (exact) mass is 327 g/mol. The number of amides is 2. The molecule has 1 aromatic rings. The second-order valence-corrected chi connectivity index (χ2v) is 7.49. The third kappa shape index (κ3) is 2.81. The van der Waals surface area contributed by atoms with Crippen molar-refractivity contribution in [2.45, 2.75) is 38.3 Å². The summed E-state index contributed by atoms with van der Waals surface area (Å²) in [5.41, 5.74) is 7.98. The molecule has 0 radical (unpaired) electrons. The van der Waals surface area contributed by atoms with Crippen molar-refractivity contribution in [1.82, 2.24) is 9.80 Å². The highest BCUT2D eigenvalue weighted by Gasteiger charge is 2.42. The van der Waals surface area contributed by atoms with Gasteiger partial charge in [0.25, 0.3) is 5.91 Å². The molecule has 0 bridgehead atoms. The van der Waals surface area contributed by atoms with Gasteiger partial charge in [0.05, 0.1) is 0 Å². The molecule has 2 N–H and O–H groups in total. The molecule has 2 saturated heterocycles. The number of rotatable bonds is 3. The summed E-state index contributed by atoms with van der Waals surface area (Å²) in [6.07, 6.45) is 3.87. The number of benzene rings is 1. The number of carbonyl (C=O) groups is 2. The molecular formula is C19H25N3O2. The molecule has 0 spiro atoms. The fourth-order valence-electron chi connectivity index (χ4n) is 4.50. The molecule has 128 valence electrons. The van der Waals surface area contributed by atoms with Gasteiger partial charge in [-0.15, -0.1) is 0 Å². The summed E-state index contributed by atoms with van der Waals surface area (Å²) in [6, 6.07) is 8.00. The standard InChI is InChI=1S/C19H25N3O2/c20-17-8-7-15-11-22(12-16(15)17)19(24)14-5-3-13(4-6-14)10-21-9-1-2-18(21)23/h3-6,15-17H,1-2,7-12,20H2. The van der Waals surface area contributed by atoms with Gasteiger partial charge in [-0.2, -0.15) is 0 Å². The first-order valence-corrected chi connectivity index (χ1v) is 9.03. The molecule has 1 aliphatic carbocycles. The Morgan fingerprint density at radius 3 is 2.62 bits per heavy atom. The van der Waals surface area contributed by atoms with Gasteiger partial charge in [-0.3, -0.25) is 9.59 Å². The third-order valence-corrected chi connectivity index (χ3v) is 5.95. The lowest BCUT2D eigenvalue weighted by molar-refractivity contribution is -0.128. The molecule has 3 atom stereocenters. The van der Waals surface area contributed by atoms with E-state index < -0.39 is 0 Å². The first-order valence-electron chi connectivity index (χ1n) is 9.03. The van der Waals surface area contributed by atoms with Gasteiger partial charge in [0, 0.05) is 44.2 Å². The van der Waals surface area contributed by atoms with Crippen LogP contribution in [0, 0.1) is 11.8 Å². The van der Waals surface area contributed by atoms with Gasteiger partial charge in [0.15, 0.2) is 0 Å². The number of hydrogen-bond donors (Lipinski definition) is 1. The van der Waals surface area contributed by atoms with E-state index in [9.17, 15) is 9.59 Å². The van der Waals surface area contributed by atoms with Crippen LogP contribution in [0.5, 0.6) is 0 Å². The van der Waals surface area contributed by atoms with Crippen molar-refractivity contribution in [3.63, 3.8) is 0 Å². The Labute approximate surface area is 142 Å². The van der Waals surface area contributed by atoms with Gasteiger partial charge in [0.2, 0.25) is 5.91 Å². The van der Waals surface area contributed by atoms with Crippen LogP contribution in [0.15, 0.2) is 24.3 Å². The highest BCUT2D eigenvalue weighted by molar-refractivity contribution is 5.94. The zero-order chi connectivity index (χ0) is 16.7. The number of likely N-dealkylation sites (tertiary alicyclic amines) is 2. The summed E-state index contributed by atoms with van der Waals surface area (Å²) in [5, 5.41) is 0. The second kappa shape index (κ2) is 6.20. The molecule has 2 amide bonds. The van der Waals surface area contributed by atoms with E-state index in [0.717, 1.165) is 50.0 Å². The smallest absolute Gasteiger partial charge is 0.253 e. The normalized spacial score (nSPS) is 29.4. The van der Waals surface area contributed by atoms with E-state index >= 15 is 0 Å². The van der Waals surface area contributed by atoms with Gasteiger partial charge in [-0.05, 0) is 48.8 Å². The zero-order valence-electron chi connectivity index (χ0n) is 14.0. The van der Waals surface area contributed by atoms with Crippen molar-refractivity contribution in [2.75, 3.05) is 19.6 Å². The van der Waals surface area contributed by atoms with E-state index in [2.05, 4.69) is 0 Å². The predicted molar refractivity (Wildman–Crippen MR) is 91.2 cm³/mol. The Kier molecular flexibility index (Phi) is 4.04. The van der Waals surface area contributed by atoms with E-state index in [1.54, 1.807) is 0 Å². The predicted octanol–water partition coefficient (Wildman–Crippen LogP) is 1.62. The highest BCUT2D eigenvalue weighted by atomic mass is 16.2. The van der Waals surface area contributed by atoms with Crippen LogP contribution in [0.2, 0.25) is 0 Å². The van der Waals surface area contributed by atoms with Crippen LogP contribution in [0.25, 0.3) is 0 Å². The lowest BCUT2D eigenvalue weighted by Gasteiger charge is -2.19. The number of nitrogens with two attached hydrogens (primary N) is 1. The van der Waals surface area contributed by atoms with Crippen LogP contribution < -0.4 is 5.73 Å². The van der Waals surface area contributed by atoms with Crippen LogP contribution in [0.4, 0.5) is 0 Å². The second-order valence-electron chi connectivity index (χ2n) is 7.49. The number of carbonyl (C=O) groups excluding carboxylic acids is 2. The zero-order valence-corrected chi connectivity index (χ0v) is 14.0. The van der Waals surface area contributed by atoms with Gasteiger partial charge in [-0.25, -0.2) is 0 Å². The lowest BCUT2D eigenvalue weighted by Crippen LogP contribution is -2.33. The molecule has 1 aromatic carbocycles. The van der Waals surface area contributed by atoms with Crippen LogP contribution >= 0.6 is 0 Å². The summed E-state index contributed by atoms with van der Waals surface area (Å²) in [6.45, 7) is 3.14. The molecule has 1 saturated carbocycles. The maximum absolute atomic E-state index is 12.7. The quantitative estimate of drug-likeness (QED) is 0.917. The van der Waals surface area contributed by atoms with Crippen LogP contribution in [0.3, 0.4) is 0 Å². The molecule has 5 nitrogen and oxygen atoms in total. The molecule has 4 rings (SSSR count). The molecule has 3 fully saturated rings. The molecule has 0 aromatic heterocycles. The van der Waals surface area contributed by atoms with Gasteiger partial charge >= 0.3 is 0 Å². The Morgan fingerprint density at radius 2 is 1.96 bits per heavy atom. The molecule has 24 heavy (non-hydrogen) atoms. The summed E-state index contributed by atoms with van der Waals surface area (Å²) < 4.78 is 0. The Morgan fingerprint density at radius 1 is 1.17 bits per heavy atom. The average molecular weight is 327 g/mol. The largest absolute Gasteiger partial charge is 0.338 e. The number of nitrogens with zero attached hydrogens (tertiary/aromatic N) is 2. The molecule has 3 unspecified atom stereocenters. The molecule has 2 aliphatic heterocycles. The summed E-state index contributed by atoms with van der Waals surface area (Å²) >= 11 is 0. The van der Waals surface area contributed by atoms with Crippen molar-refractivity contribution in [1.29, 1.82) is 0 Å². The molecule has 2 heterocycles. The minimum Gasteiger partial charge on any atom is -0.338 e. The first kappa shape index (κ1) is 15.6. The lowest BCUT2D eigenvalue weighted by atomic mass is 9.98. The van der Waals surface area contributed by atoms with Crippen LogP contribution in [-0.2, 0) is 11.3 Å². The minimum absolute atomic E-state index is 0.111. The highest BCUT2D eigenvalue weighted by Crippen LogP contribution is 2.37. The summed E-state index contributed by atoms with van der Waals surface area (Å²) in [5.74, 6) is 1.41. The fourth-order valence-corrected chi connectivity index (χ4v) is 4.50. The van der Waals surface area contributed by atoms with Crippen LogP contribution in [-0.4, -0.2) is 47.3 Å². The maximum atomic E-state index is 12.7. The van der Waals surface area contributed by atoms with E-state index in [1.165, 1.54) is 0 Å². The van der Waals surface area contributed by atoms with Crippen molar-refractivity contribution < 1.29 is 9.59 Å². The Balaban J connectivity index is 1.39. The number of fused-ring (bicyclic) bond motifs is 1. The maximum Gasteiger partial charge on any atom is 0.253 e. The number of hydrogen-bond acceptors (Lipinski definition) is 3. The van der Waals surface area contributed by atoms with E-state index in [0.29, 0.717) is 24.8 Å². The Hall–Kier alpha value is -1.88. The van der Waals surface area contributed by atoms with E-state index in [-0.39, 0.29) is 17.9 Å². The minimum atomic E-state index is 0.111. The molecular weight excluding hydrogens is 302 g/mol. The van der Waals surface area contributed by atoms with Crippen molar-refractivity contribution in [3.05, 3.63) is 35.4 Å². The van der Waals surface area contributed by atoms with Crippen molar-refractivity contribution >= 4 is 11.8 Å². The van der Waals surface area contributed by atoms with Gasteiger partial charge in [-0.1, -0.05) is 12.1 Å². The fraction of sp³-hybridized carbons (Fsp3) is 0.579. The van der Waals surface area contributed by atoms with Crippen LogP contribution in [0.1, 0.15) is 41.6 Å². The van der Waals surface area contributed by atoms with Gasteiger partial charge < -0.3 is 15.5 Å².